The Labute approximate surface area is 96.8 Å². The Hall–Kier alpha value is -1.10. The van der Waals surface area contributed by atoms with Gasteiger partial charge in [0.2, 0.25) is 0 Å². The monoisotopic (exact) mass is 247 g/mol. The molecule has 1 nitrogen and oxygen atoms in total. The van der Waals surface area contributed by atoms with Crippen LogP contribution in [0, 0.1) is 5.82 Å². The summed E-state index contributed by atoms with van der Waals surface area (Å²) in [4.78, 5) is 0. The summed E-state index contributed by atoms with van der Waals surface area (Å²) in [7, 11) is 0. The minimum Gasteiger partial charge on any atom is -0.314 e. The van der Waals surface area contributed by atoms with E-state index in [-0.39, 0.29) is 12.0 Å². The highest BCUT2D eigenvalue weighted by atomic mass is 19.4. The van der Waals surface area contributed by atoms with Crippen molar-refractivity contribution >= 4 is 0 Å². The number of hydrogen-bond acceptors (Lipinski definition) is 1. The van der Waals surface area contributed by atoms with Gasteiger partial charge in [-0.1, -0.05) is 6.07 Å². The van der Waals surface area contributed by atoms with Gasteiger partial charge in [-0.2, -0.15) is 13.2 Å². The van der Waals surface area contributed by atoms with Gasteiger partial charge in [0.1, 0.15) is 5.82 Å². The van der Waals surface area contributed by atoms with Gasteiger partial charge in [0.15, 0.2) is 0 Å². The fourth-order valence-corrected chi connectivity index (χ4v) is 2.30. The lowest BCUT2D eigenvalue weighted by molar-refractivity contribution is -0.140. The van der Waals surface area contributed by atoms with Gasteiger partial charge in [0.05, 0.1) is 5.56 Å². The average Bonchev–Trinajstić information content (AvgIpc) is 2.63. The molecule has 0 amide bonds. The largest absolute Gasteiger partial charge is 0.419 e. The third-order valence-corrected chi connectivity index (χ3v) is 3.25. The lowest BCUT2D eigenvalue weighted by atomic mass is 9.91. The Kier molecular flexibility index (Phi) is 3.12. The fourth-order valence-electron chi connectivity index (χ4n) is 2.30. The number of halogens is 4. The summed E-state index contributed by atoms with van der Waals surface area (Å²) < 4.78 is 50.8. The minimum absolute atomic E-state index is 0.0247. The van der Waals surface area contributed by atoms with Crippen LogP contribution in [0.5, 0.6) is 0 Å². The molecule has 1 aromatic carbocycles. The van der Waals surface area contributed by atoms with E-state index in [2.05, 4.69) is 5.32 Å². The normalized spacial score (nSPS) is 25.2. The number of alkyl halides is 3. The first-order chi connectivity index (χ1) is 7.89. The lowest BCUT2D eigenvalue weighted by Crippen LogP contribution is -2.22. The Morgan fingerprint density at radius 3 is 2.53 bits per heavy atom. The quantitative estimate of drug-likeness (QED) is 0.751. The van der Waals surface area contributed by atoms with Crippen LogP contribution in [-0.4, -0.2) is 12.6 Å². The van der Waals surface area contributed by atoms with Crippen LogP contribution in [0.4, 0.5) is 17.6 Å². The fraction of sp³-hybridized carbons (Fsp3) is 0.500. The molecule has 0 spiro atoms. The molecule has 1 aromatic rings. The second-order valence-corrected chi connectivity index (χ2v) is 4.38. The molecule has 1 N–H and O–H groups in total. The smallest absolute Gasteiger partial charge is 0.314 e. The molecule has 1 aliphatic heterocycles. The zero-order chi connectivity index (χ0) is 12.6. The van der Waals surface area contributed by atoms with E-state index in [4.69, 9.17) is 0 Å². The molecule has 0 saturated carbocycles. The molecule has 2 unspecified atom stereocenters. The first kappa shape index (κ1) is 12.4. The summed E-state index contributed by atoms with van der Waals surface area (Å²) in [6, 6.07) is 3.41. The van der Waals surface area contributed by atoms with Crippen LogP contribution < -0.4 is 5.32 Å². The van der Waals surface area contributed by atoms with Crippen molar-refractivity contribution < 1.29 is 17.6 Å². The standard InChI is InChI=1S/C12H13F4N/c1-7-9(4-5-17-7)8-2-3-11(13)10(6-8)12(14,15)16/h2-3,6-7,9,17H,4-5H2,1H3. The van der Waals surface area contributed by atoms with Gasteiger partial charge >= 0.3 is 6.18 Å². The van der Waals surface area contributed by atoms with Crippen molar-refractivity contribution in [2.75, 3.05) is 6.54 Å². The van der Waals surface area contributed by atoms with E-state index in [1.54, 1.807) is 0 Å². The summed E-state index contributed by atoms with van der Waals surface area (Å²) in [5.41, 5.74) is -0.620. The molecule has 5 heteroatoms. The third-order valence-electron chi connectivity index (χ3n) is 3.25. The number of rotatable bonds is 1. The van der Waals surface area contributed by atoms with Crippen LogP contribution in [0.15, 0.2) is 18.2 Å². The topological polar surface area (TPSA) is 12.0 Å². The van der Waals surface area contributed by atoms with Gasteiger partial charge < -0.3 is 5.32 Å². The summed E-state index contributed by atoms with van der Waals surface area (Å²) in [6.07, 6.45) is -3.85. The van der Waals surface area contributed by atoms with Gasteiger partial charge in [-0.25, -0.2) is 4.39 Å². The summed E-state index contributed by atoms with van der Waals surface area (Å²) in [5.74, 6) is -1.18. The molecule has 17 heavy (non-hydrogen) atoms. The third kappa shape index (κ3) is 2.44. The van der Waals surface area contributed by atoms with Crippen LogP contribution >= 0.6 is 0 Å². The van der Waals surface area contributed by atoms with Crippen molar-refractivity contribution in [3.63, 3.8) is 0 Å². The molecule has 0 bridgehead atoms. The Balaban J connectivity index is 2.37. The number of hydrogen-bond donors (Lipinski definition) is 1. The van der Waals surface area contributed by atoms with Gasteiger partial charge in [0.25, 0.3) is 0 Å². The van der Waals surface area contributed by atoms with Crippen LogP contribution in [0.1, 0.15) is 30.4 Å². The maximum absolute atomic E-state index is 13.1. The van der Waals surface area contributed by atoms with E-state index < -0.39 is 17.6 Å². The van der Waals surface area contributed by atoms with Gasteiger partial charge in [-0.15, -0.1) is 0 Å². The second-order valence-electron chi connectivity index (χ2n) is 4.38. The number of benzene rings is 1. The Bertz CT molecular complexity index is 413. The molecule has 1 heterocycles. The molecule has 0 radical (unpaired) electrons. The minimum atomic E-state index is -4.63. The highest BCUT2D eigenvalue weighted by Crippen LogP contribution is 2.35. The van der Waals surface area contributed by atoms with Crippen molar-refractivity contribution in [2.45, 2.75) is 31.5 Å². The first-order valence-electron chi connectivity index (χ1n) is 5.49. The van der Waals surface area contributed by atoms with Crippen LogP contribution in [0.25, 0.3) is 0 Å². The number of nitrogens with one attached hydrogen (secondary N) is 1. The van der Waals surface area contributed by atoms with Crippen molar-refractivity contribution in [2.24, 2.45) is 0 Å². The van der Waals surface area contributed by atoms with Crippen LogP contribution in [0.2, 0.25) is 0 Å². The molecule has 1 fully saturated rings. The Morgan fingerprint density at radius 2 is 2.00 bits per heavy atom. The van der Waals surface area contributed by atoms with Crippen molar-refractivity contribution in [3.05, 3.63) is 35.1 Å². The van der Waals surface area contributed by atoms with E-state index >= 15 is 0 Å². The predicted molar refractivity (Wildman–Crippen MR) is 56.2 cm³/mol. The zero-order valence-electron chi connectivity index (χ0n) is 9.31. The molecular formula is C12H13F4N. The Morgan fingerprint density at radius 1 is 1.29 bits per heavy atom. The maximum Gasteiger partial charge on any atom is 0.419 e. The summed E-state index contributed by atoms with van der Waals surface area (Å²) in [5, 5.41) is 3.17. The molecule has 1 saturated heterocycles. The van der Waals surface area contributed by atoms with E-state index in [9.17, 15) is 17.6 Å². The van der Waals surface area contributed by atoms with Crippen LogP contribution in [0.3, 0.4) is 0 Å². The zero-order valence-corrected chi connectivity index (χ0v) is 9.31. The SMILES string of the molecule is CC1NCCC1c1ccc(F)c(C(F)(F)F)c1. The highest BCUT2D eigenvalue weighted by molar-refractivity contribution is 5.31. The highest BCUT2D eigenvalue weighted by Gasteiger charge is 2.35. The van der Waals surface area contributed by atoms with E-state index in [0.29, 0.717) is 5.56 Å². The van der Waals surface area contributed by atoms with E-state index in [1.165, 1.54) is 6.07 Å². The van der Waals surface area contributed by atoms with Gasteiger partial charge in [-0.05, 0) is 37.6 Å². The molecule has 94 valence electrons. The molecule has 2 rings (SSSR count). The van der Waals surface area contributed by atoms with Crippen molar-refractivity contribution in [1.29, 1.82) is 0 Å². The second kappa shape index (κ2) is 4.29. The van der Waals surface area contributed by atoms with Gasteiger partial charge in [0, 0.05) is 12.0 Å². The lowest BCUT2D eigenvalue weighted by Gasteiger charge is -2.17. The maximum atomic E-state index is 13.1. The molecule has 2 atom stereocenters. The molecule has 0 aliphatic carbocycles. The molecule has 1 aliphatic rings. The van der Waals surface area contributed by atoms with Gasteiger partial charge in [-0.3, -0.25) is 0 Å². The van der Waals surface area contributed by atoms with Crippen molar-refractivity contribution in [3.8, 4) is 0 Å². The summed E-state index contributed by atoms with van der Waals surface area (Å²) in [6.45, 7) is 2.71. The first-order valence-corrected chi connectivity index (χ1v) is 5.49. The average molecular weight is 247 g/mol. The van der Waals surface area contributed by atoms with Crippen molar-refractivity contribution in [1.82, 2.24) is 5.32 Å². The van der Waals surface area contributed by atoms with E-state index in [0.717, 1.165) is 25.1 Å². The van der Waals surface area contributed by atoms with E-state index in [1.807, 2.05) is 6.92 Å². The molecule has 0 aromatic heterocycles. The molecular weight excluding hydrogens is 234 g/mol. The van der Waals surface area contributed by atoms with Crippen LogP contribution in [-0.2, 0) is 6.18 Å². The summed E-state index contributed by atoms with van der Waals surface area (Å²) >= 11 is 0. The predicted octanol–water partition coefficient (Wildman–Crippen LogP) is 3.31.